The Hall–Kier alpha value is -1.31. The zero-order valence-corrected chi connectivity index (χ0v) is 9.26. The zero-order valence-electron chi connectivity index (χ0n) is 9.26. The third kappa shape index (κ3) is 2.58. The summed E-state index contributed by atoms with van der Waals surface area (Å²) in [5.74, 6) is 0. The highest BCUT2D eigenvalue weighted by molar-refractivity contribution is 5.58. The quantitative estimate of drug-likeness (QED) is 0.733. The Labute approximate surface area is 91.6 Å². The van der Waals surface area contributed by atoms with Gasteiger partial charge in [-0.25, -0.2) is 0 Å². The number of nitrogens with zero attached hydrogens (tertiary/aromatic N) is 2. The lowest BCUT2D eigenvalue weighted by Gasteiger charge is -2.23. The average molecular weight is 202 g/mol. The van der Waals surface area contributed by atoms with Gasteiger partial charge in [0.15, 0.2) is 0 Å². The molecule has 0 N–H and O–H groups in total. The van der Waals surface area contributed by atoms with Gasteiger partial charge >= 0.3 is 0 Å². The van der Waals surface area contributed by atoms with Crippen molar-refractivity contribution in [2.75, 3.05) is 6.54 Å². The predicted octanol–water partition coefficient (Wildman–Crippen LogP) is 2.70. The fourth-order valence-electron chi connectivity index (χ4n) is 2.03. The molecule has 0 amide bonds. The number of hydrogen-bond donors (Lipinski definition) is 0. The fraction of sp³-hybridized carbons (Fsp3) is 0.462. The van der Waals surface area contributed by atoms with Crippen LogP contribution in [0.25, 0.3) is 0 Å². The monoisotopic (exact) mass is 202 g/mol. The van der Waals surface area contributed by atoms with Crippen LogP contribution in [0.4, 0.5) is 0 Å². The maximum absolute atomic E-state index is 4.36. The van der Waals surface area contributed by atoms with E-state index in [9.17, 15) is 0 Å². The lowest BCUT2D eigenvalue weighted by Crippen LogP contribution is -2.30. The normalized spacial score (nSPS) is 19.8. The molecule has 0 spiro atoms. The van der Waals surface area contributed by atoms with E-state index < -0.39 is 0 Å². The van der Waals surface area contributed by atoms with Crippen molar-refractivity contribution in [3.05, 3.63) is 35.9 Å². The minimum absolute atomic E-state index is 0.621. The summed E-state index contributed by atoms with van der Waals surface area (Å²) in [5.41, 5.74) is 1.37. The lowest BCUT2D eigenvalue weighted by molar-refractivity contribution is 0.324. The van der Waals surface area contributed by atoms with Crippen LogP contribution in [-0.4, -0.2) is 23.8 Å². The minimum atomic E-state index is 0.621. The molecule has 1 unspecified atom stereocenters. The van der Waals surface area contributed by atoms with Crippen LogP contribution in [0, 0.1) is 0 Å². The summed E-state index contributed by atoms with van der Waals surface area (Å²) in [4.78, 5) is 6.72. The Bertz CT molecular complexity index is 319. The van der Waals surface area contributed by atoms with Gasteiger partial charge < -0.3 is 4.90 Å². The van der Waals surface area contributed by atoms with Crippen molar-refractivity contribution in [2.45, 2.75) is 32.4 Å². The molecule has 2 nitrogen and oxygen atoms in total. The first-order valence-corrected chi connectivity index (χ1v) is 5.69. The van der Waals surface area contributed by atoms with Gasteiger partial charge in [-0.3, -0.25) is 4.99 Å². The topological polar surface area (TPSA) is 15.6 Å². The highest BCUT2D eigenvalue weighted by Gasteiger charge is 2.18. The van der Waals surface area contributed by atoms with Crippen LogP contribution >= 0.6 is 0 Å². The number of aliphatic imine (C=N–C) groups is 1. The van der Waals surface area contributed by atoms with Gasteiger partial charge in [-0.2, -0.15) is 0 Å². The van der Waals surface area contributed by atoms with E-state index in [2.05, 4.69) is 47.1 Å². The van der Waals surface area contributed by atoms with Crippen molar-refractivity contribution in [2.24, 2.45) is 4.99 Å². The van der Waals surface area contributed by atoms with Gasteiger partial charge in [-0.1, -0.05) is 43.7 Å². The molecule has 0 radical (unpaired) electrons. The third-order valence-electron chi connectivity index (χ3n) is 2.85. The highest BCUT2D eigenvalue weighted by atomic mass is 15.2. The molecular formula is C13H18N2. The molecule has 0 aliphatic carbocycles. The van der Waals surface area contributed by atoms with E-state index in [0.29, 0.717) is 6.04 Å². The van der Waals surface area contributed by atoms with Crippen LogP contribution in [0.15, 0.2) is 35.3 Å². The molecule has 1 aromatic carbocycles. The van der Waals surface area contributed by atoms with E-state index in [1.54, 1.807) is 0 Å². The molecule has 0 aromatic heterocycles. The standard InChI is InChI=1S/C13H18N2/c1-2-6-13-9-14-11-15(13)10-12-7-4-3-5-8-12/h3-5,7-8,11,13H,2,6,9-10H2,1H3. The molecule has 0 fully saturated rings. The van der Waals surface area contributed by atoms with Gasteiger partial charge in [-0.15, -0.1) is 0 Å². The fourth-order valence-corrected chi connectivity index (χ4v) is 2.03. The molecule has 0 bridgehead atoms. The lowest BCUT2D eigenvalue weighted by atomic mass is 10.1. The summed E-state index contributed by atoms with van der Waals surface area (Å²) in [7, 11) is 0. The van der Waals surface area contributed by atoms with Crippen molar-refractivity contribution in [1.82, 2.24) is 4.90 Å². The van der Waals surface area contributed by atoms with Crippen LogP contribution in [0.3, 0.4) is 0 Å². The Morgan fingerprint density at radius 2 is 2.13 bits per heavy atom. The van der Waals surface area contributed by atoms with Gasteiger partial charge in [0.2, 0.25) is 0 Å². The maximum atomic E-state index is 4.36. The molecule has 1 aliphatic rings. The summed E-state index contributed by atoms with van der Waals surface area (Å²) >= 11 is 0. The Balaban J connectivity index is 1.96. The summed E-state index contributed by atoms with van der Waals surface area (Å²) < 4.78 is 0. The highest BCUT2D eigenvalue weighted by Crippen LogP contribution is 2.14. The SMILES string of the molecule is CCCC1CN=CN1Cc1ccccc1. The molecule has 80 valence electrons. The molecular weight excluding hydrogens is 184 g/mol. The van der Waals surface area contributed by atoms with E-state index in [0.717, 1.165) is 13.1 Å². The van der Waals surface area contributed by atoms with Gasteiger partial charge in [0.25, 0.3) is 0 Å². The zero-order chi connectivity index (χ0) is 10.5. The van der Waals surface area contributed by atoms with Crippen LogP contribution in [0.1, 0.15) is 25.3 Å². The predicted molar refractivity (Wildman–Crippen MR) is 64.0 cm³/mol. The van der Waals surface area contributed by atoms with Crippen LogP contribution in [0.2, 0.25) is 0 Å². The second kappa shape index (κ2) is 4.96. The van der Waals surface area contributed by atoms with Crippen molar-refractivity contribution in [1.29, 1.82) is 0 Å². The van der Waals surface area contributed by atoms with E-state index in [-0.39, 0.29) is 0 Å². The molecule has 15 heavy (non-hydrogen) atoms. The molecule has 1 atom stereocenters. The van der Waals surface area contributed by atoms with Crippen molar-refractivity contribution >= 4 is 6.34 Å². The Kier molecular flexibility index (Phi) is 3.38. The van der Waals surface area contributed by atoms with Gasteiger partial charge in [0, 0.05) is 12.6 Å². The average Bonchev–Trinajstić information content (AvgIpc) is 2.68. The molecule has 1 aliphatic heterocycles. The molecule has 2 rings (SSSR count). The first-order valence-electron chi connectivity index (χ1n) is 5.69. The molecule has 0 saturated carbocycles. The second-order valence-electron chi connectivity index (χ2n) is 4.08. The third-order valence-corrected chi connectivity index (χ3v) is 2.85. The summed E-state index contributed by atoms with van der Waals surface area (Å²) in [6, 6.07) is 11.2. The minimum Gasteiger partial charge on any atom is -0.354 e. The summed E-state index contributed by atoms with van der Waals surface area (Å²) in [6.45, 7) is 4.20. The second-order valence-corrected chi connectivity index (χ2v) is 4.08. The summed E-state index contributed by atoms with van der Waals surface area (Å²) in [6.07, 6.45) is 4.49. The first kappa shape index (κ1) is 10.2. The number of benzene rings is 1. The maximum Gasteiger partial charge on any atom is 0.0856 e. The van der Waals surface area contributed by atoms with Crippen LogP contribution < -0.4 is 0 Å². The van der Waals surface area contributed by atoms with Crippen molar-refractivity contribution in [3.63, 3.8) is 0 Å². The van der Waals surface area contributed by atoms with Crippen molar-refractivity contribution in [3.8, 4) is 0 Å². The molecule has 1 aromatic rings. The molecule has 2 heteroatoms. The van der Waals surface area contributed by atoms with E-state index in [4.69, 9.17) is 0 Å². The van der Waals surface area contributed by atoms with Gasteiger partial charge in [0.1, 0.15) is 0 Å². The van der Waals surface area contributed by atoms with E-state index in [1.807, 2.05) is 6.34 Å². The number of hydrogen-bond acceptors (Lipinski definition) is 2. The largest absolute Gasteiger partial charge is 0.354 e. The molecule has 0 saturated heterocycles. The summed E-state index contributed by atoms with van der Waals surface area (Å²) in [5, 5.41) is 0. The van der Waals surface area contributed by atoms with E-state index in [1.165, 1.54) is 18.4 Å². The van der Waals surface area contributed by atoms with Crippen LogP contribution in [-0.2, 0) is 6.54 Å². The Morgan fingerprint density at radius 3 is 2.87 bits per heavy atom. The van der Waals surface area contributed by atoms with E-state index >= 15 is 0 Å². The van der Waals surface area contributed by atoms with Gasteiger partial charge in [-0.05, 0) is 12.0 Å². The van der Waals surface area contributed by atoms with Crippen molar-refractivity contribution < 1.29 is 0 Å². The first-order chi connectivity index (χ1) is 7.40. The van der Waals surface area contributed by atoms with Gasteiger partial charge in [0.05, 0.1) is 12.9 Å². The smallest absolute Gasteiger partial charge is 0.0856 e. The van der Waals surface area contributed by atoms with Crippen LogP contribution in [0.5, 0.6) is 0 Å². The number of rotatable bonds is 4. The molecule has 1 heterocycles. The Morgan fingerprint density at radius 1 is 1.33 bits per heavy atom.